The first-order chi connectivity index (χ1) is 19.2. The molecule has 2 aromatic carbocycles. The molecule has 5 aromatic rings. The summed E-state index contributed by atoms with van der Waals surface area (Å²) in [6.45, 7) is 2.09. The third-order valence-corrected chi connectivity index (χ3v) is 6.11. The number of aryl methyl sites for hydroxylation is 1. The van der Waals surface area contributed by atoms with Gasteiger partial charge in [-0.05, 0) is 30.7 Å². The van der Waals surface area contributed by atoms with Crippen LogP contribution in [0.4, 0.5) is 0 Å². The van der Waals surface area contributed by atoms with E-state index < -0.39 is 23.3 Å². The predicted octanol–water partition coefficient (Wildman–Crippen LogP) is 2.48. The molecule has 40 heavy (non-hydrogen) atoms. The molecule has 3 aromatic heterocycles. The molecule has 14 nitrogen and oxygen atoms in total. The minimum Gasteiger partial charge on any atom is -0.506 e. The number of hydrogen-bond donors (Lipinski definition) is 2. The molecule has 0 radical (unpaired) electrons. The lowest BCUT2D eigenvalue weighted by molar-refractivity contribution is 0.0731. The Morgan fingerprint density at radius 1 is 1.18 bits per heavy atom. The van der Waals surface area contributed by atoms with Crippen molar-refractivity contribution in [3.63, 3.8) is 0 Å². The van der Waals surface area contributed by atoms with Crippen molar-refractivity contribution in [3.8, 4) is 39.7 Å². The molecule has 0 unspecified atom stereocenters. The zero-order valence-electron chi connectivity index (χ0n) is 21.2. The van der Waals surface area contributed by atoms with Crippen molar-refractivity contribution < 1.29 is 28.7 Å². The Hall–Kier alpha value is -5.24. The topological polar surface area (TPSA) is 176 Å². The number of esters is 1. The number of carbonyl (C=O) groups is 2. The molecule has 0 spiro atoms. The first-order valence-corrected chi connectivity index (χ1v) is 12.1. The molecule has 3 heterocycles. The highest BCUT2D eigenvalue weighted by Gasteiger charge is 2.29. The molecule has 0 bridgehead atoms. The number of halogens is 1. The van der Waals surface area contributed by atoms with Gasteiger partial charge in [0, 0.05) is 19.7 Å². The fourth-order valence-electron chi connectivity index (χ4n) is 3.88. The molecule has 15 heteroatoms. The third-order valence-electron chi connectivity index (χ3n) is 5.81. The number of nitrogens with one attached hydrogen (secondary N) is 1. The quantitative estimate of drug-likeness (QED) is 0.219. The van der Waals surface area contributed by atoms with Crippen LogP contribution < -0.4 is 20.5 Å². The zero-order valence-corrected chi connectivity index (χ0v) is 22.0. The molecular formula is C25H20ClN7O7. The monoisotopic (exact) mass is 565 g/mol. The summed E-state index contributed by atoms with van der Waals surface area (Å²) in [7, 11) is 2.91. The number of carbonyl (C=O) groups excluding carboxylic acids is 2. The van der Waals surface area contributed by atoms with E-state index >= 15 is 0 Å². The molecule has 0 fully saturated rings. The van der Waals surface area contributed by atoms with Crippen LogP contribution in [0, 0.1) is 0 Å². The van der Waals surface area contributed by atoms with Gasteiger partial charge in [0.1, 0.15) is 23.6 Å². The number of imidazole rings is 1. The van der Waals surface area contributed by atoms with E-state index in [0.717, 1.165) is 21.5 Å². The molecular weight excluding hydrogens is 546 g/mol. The maximum Gasteiger partial charge on any atom is 0.366 e. The van der Waals surface area contributed by atoms with Gasteiger partial charge >= 0.3 is 11.7 Å². The Labute approximate surface area is 229 Å². The van der Waals surface area contributed by atoms with Crippen LogP contribution in [0.3, 0.4) is 0 Å². The Morgan fingerprint density at radius 2 is 1.93 bits per heavy atom. The summed E-state index contributed by atoms with van der Waals surface area (Å²) >= 11 is 6.22. The first-order valence-electron chi connectivity index (χ1n) is 11.7. The number of methoxy groups -OCH3 is 1. The van der Waals surface area contributed by atoms with Gasteiger partial charge in [-0.15, -0.1) is 5.10 Å². The fourth-order valence-corrected chi connectivity index (χ4v) is 4.04. The van der Waals surface area contributed by atoms with Crippen LogP contribution in [0.1, 0.15) is 27.9 Å². The number of fused-ring (bicyclic) bond motifs is 1. The van der Waals surface area contributed by atoms with Gasteiger partial charge in [-0.1, -0.05) is 34.1 Å². The number of rotatable bonds is 7. The highest BCUT2D eigenvalue weighted by molar-refractivity contribution is 6.32. The minimum absolute atomic E-state index is 0.0273. The second kappa shape index (κ2) is 10.5. The van der Waals surface area contributed by atoms with E-state index in [1.165, 1.54) is 20.2 Å². The van der Waals surface area contributed by atoms with Gasteiger partial charge in [0.15, 0.2) is 22.8 Å². The number of phenolic OH excluding ortho intramolecular Hbond substituents is 1. The van der Waals surface area contributed by atoms with E-state index in [9.17, 15) is 19.5 Å². The van der Waals surface area contributed by atoms with Crippen molar-refractivity contribution in [3.05, 3.63) is 69.6 Å². The Morgan fingerprint density at radius 3 is 2.62 bits per heavy atom. The van der Waals surface area contributed by atoms with Crippen molar-refractivity contribution in [1.29, 1.82) is 0 Å². The number of nitrogens with zero attached hydrogens (tertiary/aromatic N) is 6. The zero-order chi connectivity index (χ0) is 28.6. The average Bonchev–Trinajstić information content (AvgIpc) is 3.58. The summed E-state index contributed by atoms with van der Waals surface area (Å²) in [5, 5.41) is 24.4. The molecule has 0 atom stereocenters. The number of phenols is 1. The molecule has 1 amide bonds. The second-order valence-electron chi connectivity index (χ2n) is 8.29. The van der Waals surface area contributed by atoms with E-state index in [1.54, 1.807) is 31.2 Å². The average molecular weight is 566 g/mol. The summed E-state index contributed by atoms with van der Waals surface area (Å²) in [4.78, 5) is 42.3. The molecule has 0 saturated heterocycles. The van der Waals surface area contributed by atoms with Crippen molar-refractivity contribution in [1.82, 2.24) is 34.9 Å². The van der Waals surface area contributed by atoms with Crippen molar-refractivity contribution >= 4 is 29.1 Å². The van der Waals surface area contributed by atoms with Crippen LogP contribution in [0.2, 0.25) is 5.02 Å². The number of aromatic hydroxyl groups is 1. The molecule has 0 aliphatic rings. The van der Waals surface area contributed by atoms with E-state index in [-0.39, 0.29) is 44.7 Å². The molecule has 2 N–H and O–H groups in total. The standard InChI is InChI=1S/C25H20ClN7O7/c1-4-27-23(35)19-18(12-5-7-13(38-3)8-6-12)21(40-30-19)14-9-15(26)16(34)10-17(14)39-24(36)20-22-29-31-32(2)25(37)33(22)11-28-20/h5-11,34H,4H2,1-3H3,(H,27,35). The van der Waals surface area contributed by atoms with Crippen LogP contribution >= 0.6 is 11.6 Å². The van der Waals surface area contributed by atoms with Crippen molar-refractivity contribution in [2.45, 2.75) is 6.92 Å². The van der Waals surface area contributed by atoms with Crippen LogP contribution in [0.15, 0.2) is 52.0 Å². The van der Waals surface area contributed by atoms with Crippen LogP contribution in [0.25, 0.3) is 28.1 Å². The molecule has 204 valence electrons. The summed E-state index contributed by atoms with van der Waals surface area (Å²) in [5.74, 6) is -1.50. The number of benzene rings is 2. The number of amides is 1. The normalized spacial score (nSPS) is 11.0. The summed E-state index contributed by atoms with van der Waals surface area (Å²) in [6, 6.07) is 9.17. The lowest BCUT2D eigenvalue weighted by Crippen LogP contribution is -2.27. The Kier molecular flexibility index (Phi) is 6.92. The second-order valence-corrected chi connectivity index (χ2v) is 8.70. The lowest BCUT2D eigenvalue weighted by Gasteiger charge is -2.11. The molecule has 0 aliphatic carbocycles. The first kappa shape index (κ1) is 26.4. The molecule has 5 rings (SSSR count). The van der Waals surface area contributed by atoms with E-state index in [2.05, 4.69) is 25.8 Å². The van der Waals surface area contributed by atoms with E-state index in [4.69, 9.17) is 25.6 Å². The largest absolute Gasteiger partial charge is 0.506 e. The van der Waals surface area contributed by atoms with Crippen LogP contribution in [0.5, 0.6) is 17.2 Å². The Balaban J connectivity index is 1.65. The molecule has 0 saturated carbocycles. The number of ether oxygens (including phenoxy) is 2. The van der Waals surface area contributed by atoms with Gasteiger partial charge in [0.2, 0.25) is 0 Å². The maximum atomic E-state index is 13.2. The predicted molar refractivity (Wildman–Crippen MR) is 140 cm³/mol. The van der Waals surface area contributed by atoms with E-state index in [0.29, 0.717) is 17.9 Å². The van der Waals surface area contributed by atoms with Gasteiger partial charge in [-0.3, -0.25) is 4.79 Å². The smallest absolute Gasteiger partial charge is 0.366 e. The van der Waals surface area contributed by atoms with E-state index in [1.807, 2.05) is 0 Å². The summed E-state index contributed by atoms with van der Waals surface area (Å²) < 4.78 is 18.4. The third kappa shape index (κ3) is 4.60. The van der Waals surface area contributed by atoms with Crippen LogP contribution in [-0.2, 0) is 7.05 Å². The Bertz CT molecular complexity index is 1830. The highest BCUT2D eigenvalue weighted by atomic mass is 35.5. The van der Waals surface area contributed by atoms with Gasteiger partial charge in [-0.2, -0.15) is 4.68 Å². The van der Waals surface area contributed by atoms with Crippen LogP contribution in [-0.4, -0.2) is 60.2 Å². The van der Waals surface area contributed by atoms with Gasteiger partial charge in [0.05, 0.1) is 23.3 Å². The molecule has 0 aliphatic heterocycles. The van der Waals surface area contributed by atoms with Crippen molar-refractivity contribution in [2.24, 2.45) is 7.05 Å². The fraction of sp³-hybridized carbons (Fsp3) is 0.160. The van der Waals surface area contributed by atoms with Gasteiger partial charge in [-0.25, -0.2) is 19.0 Å². The minimum atomic E-state index is -1.01. The maximum absolute atomic E-state index is 13.2. The number of hydrogen-bond acceptors (Lipinski definition) is 11. The SMILES string of the molecule is CCNC(=O)c1noc(-c2cc(Cl)c(O)cc2OC(=O)c2ncn3c(=O)n(C)nnc23)c1-c1ccc(OC)cc1. The number of aromatic nitrogens is 6. The summed E-state index contributed by atoms with van der Waals surface area (Å²) in [6.07, 6.45) is 1.11. The summed E-state index contributed by atoms with van der Waals surface area (Å²) in [5.41, 5.74) is -0.151. The van der Waals surface area contributed by atoms with Gasteiger partial charge in [0.25, 0.3) is 5.91 Å². The van der Waals surface area contributed by atoms with Crippen molar-refractivity contribution in [2.75, 3.05) is 13.7 Å². The van der Waals surface area contributed by atoms with Gasteiger partial charge < -0.3 is 24.4 Å². The lowest BCUT2D eigenvalue weighted by atomic mass is 9.98. The highest BCUT2D eigenvalue weighted by Crippen LogP contribution is 2.44.